The number of pyridine rings is 1. The van der Waals surface area contributed by atoms with Crippen LogP contribution >= 0.6 is 0 Å². The molecule has 6 nitrogen and oxygen atoms in total. The molecule has 1 unspecified atom stereocenters. The minimum absolute atomic E-state index is 0.319. The van der Waals surface area contributed by atoms with Crippen LogP contribution in [0.1, 0.15) is 18.2 Å². The van der Waals surface area contributed by atoms with Crippen molar-refractivity contribution in [3.63, 3.8) is 0 Å². The lowest BCUT2D eigenvalue weighted by molar-refractivity contribution is 0.544. The summed E-state index contributed by atoms with van der Waals surface area (Å²) in [6.45, 7) is 3.80. The summed E-state index contributed by atoms with van der Waals surface area (Å²) in [6.07, 6.45) is 1.43. The highest BCUT2D eigenvalue weighted by Crippen LogP contribution is 2.29. The second-order valence-electron chi connectivity index (χ2n) is 5.25. The van der Waals surface area contributed by atoms with E-state index in [-0.39, 0.29) is 0 Å². The van der Waals surface area contributed by atoms with Crippen molar-refractivity contribution in [2.75, 3.05) is 4.72 Å². The van der Waals surface area contributed by atoms with Crippen LogP contribution in [0.3, 0.4) is 0 Å². The summed E-state index contributed by atoms with van der Waals surface area (Å²) in [4.78, 5) is 11.8. The number of rotatable bonds is 4. The number of hydrogen-bond donors (Lipinski definition) is 2. The average molecular weight is 346 g/mol. The standard InChI is InChI=1S/C16H15FN4O2S/c1-3-10-6-11(7-12-8-18-16(17)20-15(10)12)13-4-5-14(19-9(13)2)21-24(22)23/h4-8H,3H2,1-2H3,(H,19,21)(H,22,23). The van der Waals surface area contributed by atoms with Crippen LogP contribution in [-0.4, -0.2) is 23.7 Å². The molecular formula is C16H15FN4O2S. The van der Waals surface area contributed by atoms with Crippen molar-refractivity contribution >= 4 is 28.0 Å². The molecule has 1 aromatic carbocycles. The monoisotopic (exact) mass is 346 g/mol. The van der Waals surface area contributed by atoms with Crippen molar-refractivity contribution in [1.82, 2.24) is 15.0 Å². The van der Waals surface area contributed by atoms with Crippen LogP contribution in [0.15, 0.2) is 30.5 Å². The van der Waals surface area contributed by atoms with E-state index in [0.29, 0.717) is 23.4 Å². The number of anilines is 1. The SMILES string of the molecule is CCc1cc(-c2ccc(NS(=O)O)nc2C)cc2cnc(F)nc12. The number of aromatic nitrogens is 3. The lowest BCUT2D eigenvalue weighted by Crippen LogP contribution is -2.04. The predicted octanol–water partition coefficient (Wildman–Crippen LogP) is 3.25. The molecule has 0 amide bonds. The number of fused-ring (bicyclic) bond motifs is 1. The molecule has 2 heterocycles. The first kappa shape index (κ1) is 16.4. The van der Waals surface area contributed by atoms with Crippen LogP contribution < -0.4 is 4.72 Å². The van der Waals surface area contributed by atoms with Gasteiger partial charge in [0.05, 0.1) is 5.52 Å². The molecule has 0 saturated carbocycles. The zero-order chi connectivity index (χ0) is 17.3. The van der Waals surface area contributed by atoms with E-state index in [1.807, 2.05) is 32.0 Å². The second kappa shape index (κ2) is 6.58. The van der Waals surface area contributed by atoms with Gasteiger partial charge in [-0.25, -0.2) is 19.2 Å². The first-order valence-corrected chi connectivity index (χ1v) is 8.39. The zero-order valence-electron chi connectivity index (χ0n) is 13.1. The molecule has 0 aliphatic heterocycles. The smallest absolute Gasteiger partial charge is 0.289 e. The normalized spacial score (nSPS) is 12.3. The Balaban J connectivity index is 2.12. The maximum Gasteiger partial charge on any atom is 0.309 e. The van der Waals surface area contributed by atoms with E-state index in [2.05, 4.69) is 19.7 Å². The molecule has 0 fully saturated rings. The molecule has 0 spiro atoms. The predicted molar refractivity (Wildman–Crippen MR) is 91.2 cm³/mol. The van der Waals surface area contributed by atoms with Gasteiger partial charge in [-0.1, -0.05) is 6.92 Å². The molecule has 3 aromatic rings. The first-order chi connectivity index (χ1) is 11.5. The summed E-state index contributed by atoms with van der Waals surface area (Å²) >= 11 is -2.17. The van der Waals surface area contributed by atoms with E-state index in [1.165, 1.54) is 6.20 Å². The zero-order valence-corrected chi connectivity index (χ0v) is 13.9. The van der Waals surface area contributed by atoms with Crippen LogP contribution in [0.2, 0.25) is 0 Å². The number of halogens is 1. The van der Waals surface area contributed by atoms with Crippen LogP contribution in [0.25, 0.3) is 22.0 Å². The Labute approximate surface area is 140 Å². The first-order valence-electron chi connectivity index (χ1n) is 7.28. The minimum atomic E-state index is -2.17. The summed E-state index contributed by atoms with van der Waals surface area (Å²) < 4.78 is 35.3. The summed E-state index contributed by atoms with van der Waals surface area (Å²) in [6, 6.07) is 7.29. The van der Waals surface area contributed by atoms with Gasteiger partial charge in [0.1, 0.15) is 5.82 Å². The van der Waals surface area contributed by atoms with Gasteiger partial charge in [-0.2, -0.15) is 4.39 Å². The van der Waals surface area contributed by atoms with Gasteiger partial charge in [-0.15, -0.1) is 0 Å². The Kier molecular flexibility index (Phi) is 4.50. The van der Waals surface area contributed by atoms with Gasteiger partial charge in [0.25, 0.3) is 11.3 Å². The number of nitrogens with zero attached hydrogens (tertiary/aromatic N) is 3. The van der Waals surface area contributed by atoms with Gasteiger partial charge in [0.2, 0.25) is 0 Å². The van der Waals surface area contributed by atoms with E-state index >= 15 is 0 Å². The molecular weight excluding hydrogens is 331 g/mol. The van der Waals surface area contributed by atoms with E-state index in [9.17, 15) is 8.60 Å². The van der Waals surface area contributed by atoms with E-state index < -0.39 is 17.3 Å². The molecule has 2 N–H and O–H groups in total. The van der Waals surface area contributed by atoms with Gasteiger partial charge in [0, 0.05) is 22.8 Å². The summed E-state index contributed by atoms with van der Waals surface area (Å²) in [5.74, 6) is 0.319. The Morgan fingerprint density at radius 1 is 1.29 bits per heavy atom. The highest BCUT2D eigenvalue weighted by atomic mass is 32.2. The molecule has 8 heteroatoms. The van der Waals surface area contributed by atoms with Crippen LogP contribution in [0.5, 0.6) is 0 Å². The van der Waals surface area contributed by atoms with E-state index in [0.717, 1.165) is 22.1 Å². The van der Waals surface area contributed by atoms with E-state index in [1.54, 1.807) is 6.07 Å². The van der Waals surface area contributed by atoms with Gasteiger partial charge >= 0.3 is 6.08 Å². The fraction of sp³-hybridized carbons (Fsp3) is 0.188. The summed E-state index contributed by atoms with van der Waals surface area (Å²) in [7, 11) is 0. The number of benzene rings is 1. The van der Waals surface area contributed by atoms with Crippen LogP contribution in [0, 0.1) is 13.0 Å². The van der Waals surface area contributed by atoms with Crippen molar-refractivity contribution < 1.29 is 13.2 Å². The van der Waals surface area contributed by atoms with Crippen LogP contribution in [0.4, 0.5) is 10.2 Å². The lowest BCUT2D eigenvalue weighted by atomic mass is 9.98. The topological polar surface area (TPSA) is 88.0 Å². The van der Waals surface area contributed by atoms with Crippen LogP contribution in [-0.2, 0) is 17.7 Å². The maximum atomic E-state index is 13.3. The molecule has 0 radical (unpaired) electrons. The number of nitrogens with one attached hydrogen (secondary N) is 1. The quantitative estimate of drug-likeness (QED) is 0.559. The van der Waals surface area contributed by atoms with Crippen molar-refractivity contribution in [3.05, 3.63) is 47.8 Å². The molecule has 1 atom stereocenters. The van der Waals surface area contributed by atoms with Gasteiger partial charge in [-0.3, -0.25) is 9.27 Å². The van der Waals surface area contributed by atoms with Gasteiger partial charge in [-0.05, 0) is 48.7 Å². The fourth-order valence-electron chi connectivity index (χ4n) is 2.64. The van der Waals surface area contributed by atoms with Gasteiger partial charge < -0.3 is 0 Å². The van der Waals surface area contributed by atoms with Gasteiger partial charge in [0.15, 0.2) is 0 Å². The highest BCUT2D eigenvalue weighted by molar-refractivity contribution is 7.80. The molecule has 0 saturated heterocycles. The molecule has 0 bridgehead atoms. The molecule has 0 aliphatic carbocycles. The average Bonchev–Trinajstić information content (AvgIpc) is 2.53. The Morgan fingerprint density at radius 3 is 2.75 bits per heavy atom. The largest absolute Gasteiger partial charge is 0.309 e. The second-order valence-corrected chi connectivity index (χ2v) is 5.95. The fourth-order valence-corrected chi connectivity index (χ4v) is 2.93. The third kappa shape index (κ3) is 3.24. The van der Waals surface area contributed by atoms with Crippen molar-refractivity contribution in [1.29, 1.82) is 0 Å². The Bertz CT molecular complexity index is 949. The van der Waals surface area contributed by atoms with Crippen molar-refractivity contribution in [2.24, 2.45) is 0 Å². The Hall–Kier alpha value is -2.45. The Morgan fingerprint density at radius 2 is 2.08 bits per heavy atom. The third-order valence-corrected chi connectivity index (χ3v) is 4.09. The molecule has 24 heavy (non-hydrogen) atoms. The summed E-state index contributed by atoms with van der Waals surface area (Å²) in [5, 5.41) is 0.754. The highest BCUT2D eigenvalue weighted by Gasteiger charge is 2.11. The molecule has 3 rings (SSSR count). The number of hydrogen-bond acceptors (Lipinski definition) is 4. The van der Waals surface area contributed by atoms with E-state index in [4.69, 9.17) is 4.55 Å². The number of aryl methyl sites for hydroxylation is 2. The van der Waals surface area contributed by atoms with Crippen molar-refractivity contribution in [2.45, 2.75) is 20.3 Å². The minimum Gasteiger partial charge on any atom is -0.289 e. The lowest BCUT2D eigenvalue weighted by Gasteiger charge is -2.11. The maximum absolute atomic E-state index is 13.3. The molecule has 124 valence electrons. The molecule has 0 aliphatic rings. The third-order valence-electron chi connectivity index (χ3n) is 3.70. The molecule has 2 aromatic heterocycles. The summed E-state index contributed by atoms with van der Waals surface area (Å²) in [5.41, 5.74) is 4.02. The van der Waals surface area contributed by atoms with Crippen molar-refractivity contribution in [3.8, 4) is 11.1 Å².